The van der Waals surface area contributed by atoms with Crippen molar-refractivity contribution in [1.82, 2.24) is 15.0 Å². The summed E-state index contributed by atoms with van der Waals surface area (Å²) in [5, 5.41) is 17.2. The topological polar surface area (TPSA) is 60.2 Å². The molecule has 0 aliphatic carbocycles. The summed E-state index contributed by atoms with van der Waals surface area (Å²) in [5.74, 6) is 0.836. The van der Waals surface area contributed by atoms with Crippen molar-refractivity contribution in [2.24, 2.45) is 0 Å². The molecule has 5 heteroatoms. The lowest BCUT2D eigenvalue weighted by atomic mass is 10.1. The van der Waals surface area contributed by atoms with Crippen LogP contribution in [0, 0.1) is 0 Å². The van der Waals surface area contributed by atoms with E-state index < -0.39 is 0 Å². The highest BCUT2D eigenvalue weighted by atomic mass is 16.5. The van der Waals surface area contributed by atoms with Gasteiger partial charge >= 0.3 is 0 Å². The Morgan fingerprint density at radius 1 is 1.28 bits per heavy atom. The first-order valence-electron chi connectivity index (χ1n) is 5.93. The molecule has 0 saturated carbocycles. The summed E-state index contributed by atoms with van der Waals surface area (Å²) in [4.78, 5) is 0. The molecule has 5 nitrogen and oxygen atoms in total. The van der Waals surface area contributed by atoms with Crippen molar-refractivity contribution in [3.05, 3.63) is 41.2 Å². The summed E-state index contributed by atoms with van der Waals surface area (Å²) in [6.07, 6.45) is 0.709. The van der Waals surface area contributed by atoms with Crippen LogP contribution in [0.4, 0.5) is 0 Å². The third kappa shape index (κ3) is 2.51. The van der Waals surface area contributed by atoms with Crippen LogP contribution in [-0.2, 0) is 19.6 Å². The molecule has 2 rings (SSSR count). The van der Waals surface area contributed by atoms with Gasteiger partial charge in [-0.3, -0.25) is 0 Å². The lowest BCUT2D eigenvalue weighted by Crippen LogP contribution is -2.05. The van der Waals surface area contributed by atoms with Crippen LogP contribution in [0.25, 0.3) is 0 Å². The second kappa shape index (κ2) is 5.64. The van der Waals surface area contributed by atoms with Crippen molar-refractivity contribution in [2.75, 3.05) is 7.11 Å². The maximum absolute atomic E-state index is 9.25. The van der Waals surface area contributed by atoms with Gasteiger partial charge in [-0.05, 0) is 24.6 Å². The lowest BCUT2D eigenvalue weighted by Gasteiger charge is -2.06. The fraction of sp³-hybridized carbons (Fsp3) is 0.385. The molecule has 1 heterocycles. The standard InChI is InChI=1S/C13H17N3O2/c1-3-16-13(12(9-17)14-15-16)8-10-4-6-11(18-2)7-5-10/h4-7,17H,3,8-9H2,1-2H3. The Labute approximate surface area is 106 Å². The zero-order valence-electron chi connectivity index (χ0n) is 10.6. The van der Waals surface area contributed by atoms with E-state index >= 15 is 0 Å². The normalized spacial score (nSPS) is 10.6. The van der Waals surface area contributed by atoms with Gasteiger partial charge < -0.3 is 9.84 Å². The van der Waals surface area contributed by atoms with E-state index in [1.54, 1.807) is 7.11 Å². The summed E-state index contributed by atoms with van der Waals surface area (Å²) >= 11 is 0. The van der Waals surface area contributed by atoms with E-state index in [1.807, 2.05) is 35.9 Å². The zero-order chi connectivity index (χ0) is 13.0. The van der Waals surface area contributed by atoms with Gasteiger partial charge in [0.1, 0.15) is 11.4 Å². The first-order valence-corrected chi connectivity index (χ1v) is 5.93. The van der Waals surface area contributed by atoms with Gasteiger partial charge in [0.05, 0.1) is 19.4 Å². The van der Waals surface area contributed by atoms with E-state index in [9.17, 15) is 5.11 Å². The van der Waals surface area contributed by atoms with Crippen molar-refractivity contribution in [3.63, 3.8) is 0 Å². The molecule has 1 aromatic carbocycles. The summed E-state index contributed by atoms with van der Waals surface area (Å²) in [6, 6.07) is 7.86. The number of aryl methyl sites for hydroxylation is 1. The summed E-state index contributed by atoms with van der Waals surface area (Å²) in [7, 11) is 1.65. The smallest absolute Gasteiger partial charge is 0.118 e. The van der Waals surface area contributed by atoms with E-state index in [0.717, 1.165) is 23.6 Å². The third-order valence-corrected chi connectivity index (χ3v) is 2.90. The van der Waals surface area contributed by atoms with E-state index in [2.05, 4.69) is 10.3 Å². The number of methoxy groups -OCH3 is 1. The third-order valence-electron chi connectivity index (χ3n) is 2.90. The van der Waals surface area contributed by atoms with Crippen LogP contribution in [0.3, 0.4) is 0 Å². The molecule has 0 aliphatic heterocycles. The minimum atomic E-state index is -0.0779. The van der Waals surface area contributed by atoms with Crippen molar-refractivity contribution < 1.29 is 9.84 Å². The lowest BCUT2D eigenvalue weighted by molar-refractivity contribution is 0.275. The molecular formula is C13H17N3O2. The molecule has 1 N–H and O–H groups in total. The van der Waals surface area contributed by atoms with Crippen LogP contribution in [0.1, 0.15) is 23.9 Å². The number of hydrogen-bond donors (Lipinski definition) is 1. The molecule has 0 fully saturated rings. The van der Waals surface area contributed by atoms with Crippen molar-refractivity contribution in [2.45, 2.75) is 26.5 Å². The molecule has 96 valence electrons. The Morgan fingerprint density at radius 3 is 2.56 bits per heavy atom. The average Bonchev–Trinajstić information content (AvgIpc) is 2.81. The number of hydrogen-bond acceptors (Lipinski definition) is 4. The van der Waals surface area contributed by atoms with E-state index in [-0.39, 0.29) is 6.61 Å². The number of aromatic nitrogens is 3. The van der Waals surface area contributed by atoms with Gasteiger partial charge in [0.15, 0.2) is 0 Å². The predicted molar refractivity (Wildman–Crippen MR) is 67.4 cm³/mol. The fourth-order valence-electron chi connectivity index (χ4n) is 1.88. The number of aliphatic hydroxyl groups excluding tert-OH is 1. The highest BCUT2D eigenvalue weighted by Gasteiger charge is 2.11. The minimum absolute atomic E-state index is 0.0779. The average molecular weight is 247 g/mol. The van der Waals surface area contributed by atoms with Gasteiger partial charge in [-0.15, -0.1) is 5.10 Å². The monoisotopic (exact) mass is 247 g/mol. The van der Waals surface area contributed by atoms with E-state index in [0.29, 0.717) is 12.1 Å². The quantitative estimate of drug-likeness (QED) is 0.867. The van der Waals surface area contributed by atoms with Crippen molar-refractivity contribution in [1.29, 1.82) is 0 Å². The van der Waals surface area contributed by atoms with Gasteiger partial charge in [0.2, 0.25) is 0 Å². The second-order valence-corrected chi connectivity index (χ2v) is 3.98. The van der Waals surface area contributed by atoms with E-state index in [4.69, 9.17) is 4.74 Å². The van der Waals surface area contributed by atoms with Crippen molar-refractivity contribution in [3.8, 4) is 5.75 Å². The largest absolute Gasteiger partial charge is 0.497 e. The fourth-order valence-corrected chi connectivity index (χ4v) is 1.88. The molecule has 0 unspecified atom stereocenters. The molecule has 0 radical (unpaired) electrons. The maximum Gasteiger partial charge on any atom is 0.118 e. The predicted octanol–water partition coefficient (Wildman–Crippen LogP) is 1.39. The molecular weight excluding hydrogens is 230 g/mol. The Balaban J connectivity index is 2.24. The molecule has 0 spiro atoms. The Bertz CT molecular complexity index is 484. The van der Waals surface area contributed by atoms with Crippen LogP contribution < -0.4 is 4.74 Å². The first kappa shape index (κ1) is 12.6. The maximum atomic E-state index is 9.25. The van der Waals surface area contributed by atoms with Crippen LogP contribution in [-0.4, -0.2) is 27.2 Å². The zero-order valence-corrected chi connectivity index (χ0v) is 10.6. The van der Waals surface area contributed by atoms with Crippen LogP contribution in [0.2, 0.25) is 0 Å². The van der Waals surface area contributed by atoms with Crippen molar-refractivity contribution >= 4 is 0 Å². The Kier molecular flexibility index (Phi) is 3.94. The Morgan fingerprint density at radius 2 is 2.00 bits per heavy atom. The highest BCUT2D eigenvalue weighted by Crippen LogP contribution is 2.16. The number of benzene rings is 1. The number of ether oxygens (including phenoxy) is 1. The van der Waals surface area contributed by atoms with Crippen LogP contribution in [0.5, 0.6) is 5.75 Å². The highest BCUT2D eigenvalue weighted by molar-refractivity contribution is 5.30. The minimum Gasteiger partial charge on any atom is -0.497 e. The molecule has 0 amide bonds. The SMILES string of the molecule is CCn1nnc(CO)c1Cc1ccc(OC)cc1. The molecule has 0 bridgehead atoms. The van der Waals surface area contributed by atoms with E-state index in [1.165, 1.54) is 0 Å². The van der Waals surface area contributed by atoms with Gasteiger partial charge in [-0.25, -0.2) is 4.68 Å². The number of aliphatic hydroxyl groups is 1. The summed E-state index contributed by atoms with van der Waals surface area (Å²) in [5.41, 5.74) is 2.75. The molecule has 0 saturated heterocycles. The molecule has 0 aliphatic rings. The van der Waals surface area contributed by atoms with Gasteiger partial charge in [-0.2, -0.15) is 0 Å². The van der Waals surface area contributed by atoms with Crippen LogP contribution in [0.15, 0.2) is 24.3 Å². The number of rotatable bonds is 5. The van der Waals surface area contributed by atoms with Gasteiger partial charge in [-0.1, -0.05) is 17.3 Å². The summed E-state index contributed by atoms with van der Waals surface area (Å²) < 4.78 is 6.94. The second-order valence-electron chi connectivity index (χ2n) is 3.98. The van der Waals surface area contributed by atoms with Crippen LogP contribution >= 0.6 is 0 Å². The molecule has 1 aromatic heterocycles. The summed E-state index contributed by atoms with van der Waals surface area (Å²) in [6.45, 7) is 2.68. The first-order chi connectivity index (χ1) is 8.78. The Hall–Kier alpha value is -1.88. The van der Waals surface area contributed by atoms with Gasteiger partial charge in [0, 0.05) is 13.0 Å². The number of nitrogens with zero attached hydrogens (tertiary/aromatic N) is 3. The molecule has 18 heavy (non-hydrogen) atoms. The van der Waals surface area contributed by atoms with Gasteiger partial charge in [0.25, 0.3) is 0 Å². The molecule has 0 atom stereocenters. The molecule has 2 aromatic rings.